The summed E-state index contributed by atoms with van der Waals surface area (Å²) in [7, 11) is -2.36. The van der Waals surface area contributed by atoms with Gasteiger partial charge in [-0.3, -0.25) is 19.1 Å². The molecule has 0 bridgehead atoms. The number of carbonyl (C=O) groups is 4. The van der Waals surface area contributed by atoms with Crippen LogP contribution in [0.4, 0.5) is 4.79 Å². The Morgan fingerprint density at radius 3 is 2.40 bits per heavy atom. The van der Waals surface area contributed by atoms with Crippen LogP contribution in [0.5, 0.6) is 11.5 Å². The summed E-state index contributed by atoms with van der Waals surface area (Å²) < 4.78 is 39.5. The van der Waals surface area contributed by atoms with Gasteiger partial charge in [-0.1, -0.05) is 57.2 Å². The van der Waals surface area contributed by atoms with Gasteiger partial charge in [0.15, 0.2) is 0 Å². The van der Waals surface area contributed by atoms with Crippen LogP contribution < -0.4 is 24.8 Å². The van der Waals surface area contributed by atoms with Crippen molar-refractivity contribution in [1.82, 2.24) is 25.2 Å². The third-order valence-corrected chi connectivity index (χ3v) is 11.6. The minimum absolute atomic E-state index is 0.0149. The standard InChI is InChI=1S/C37H43N5O9S/c1-6-22-19-37(22,34(45)41-52(48,49)25-13-14-25)40-32(43)29-17-24(20-42(29)33(44)31(36(2,3)4)39-35(46)47)51-30-18-27(21-10-8-7-9-11-21)38-28-16-23(50-5)12-15-26(28)30/h6-12,15-16,18,22,24-25,29,31,39H,1,13-14,17,19-20H2,2-5H3,(H,40,43)(H,41,45)(H,46,47)/t22-,24-,29+,31?,37-/m1/s1. The summed E-state index contributed by atoms with van der Waals surface area (Å²) in [5.74, 6) is -1.74. The van der Waals surface area contributed by atoms with Crippen LogP contribution in [-0.2, 0) is 24.4 Å². The number of pyridine rings is 1. The van der Waals surface area contributed by atoms with E-state index in [2.05, 4.69) is 21.9 Å². The zero-order valence-electron chi connectivity index (χ0n) is 29.4. The Morgan fingerprint density at radius 2 is 1.81 bits per heavy atom. The topological polar surface area (TPSA) is 193 Å². The summed E-state index contributed by atoms with van der Waals surface area (Å²) in [6.07, 6.45) is 0.310. The van der Waals surface area contributed by atoms with E-state index in [1.807, 2.05) is 30.3 Å². The van der Waals surface area contributed by atoms with E-state index < -0.39 is 74.1 Å². The lowest BCUT2D eigenvalue weighted by Gasteiger charge is -2.35. The first-order valence-corrected chi connectivity index (χ1v) is 18.6. The van der Waals surface area contributed by atoms with Gasteiger partial charge in [-0.2, -0.15) is 0 Å². The Morgan fingerprint density at radius 1 is 1.10 bits per heavy atom. The highest BCUT2D eigenvalue weighted by Crippen LogP contribution is 2.46. The molecule has 15 heteroatoms. The number of sulfonamides is 1. The molecule has 52 heavy (non-hydrogen) atoms. The molecule has 1 aromatic heterocycles. The molecular formula is C37H43N5O9S. The van der Waals surface area contributed by atoms with Crippen LogP contribution in [0.2, 0.25) is 0 Å². The van der Waals surface area contributed by atoms with Crippen molar-refractivity contribution in [2.75, 3.05) is 13.7 Å². The molecule has 3 fully saturated rings. The molecular weight excluding hydrogens is 691 g/mol. The number of hydrogen-bond donors (Lipinski definition) is 4. The number of nitrogens with zero attached hydrogens (tertiary/aromatic N) is 2. The Bertz CT molecular complexity index is 2030. The molecule has 0 spiro atoms. The van der Waals surface area contributed by atoms with Crippen molar-refractivity contribution in [2.45, 2.75) is 75.4 Å². The van der Waals surface area contributed by atoms with Crippen molar-refractivity contribution in [2.24, 2.45) is 11.3 Å². The minimum Gasteiger partial charge on any atom is -0.497 e. The molecule has 2 aromatic carbocycles. The van der Waals surface area contributed by atoms with E-state index in [0.717, 1.165) is 5.56 Å². The molecule has 6 rings (SSSR count). The third kappa shape index (κ3) is 7.40. The number of amides is 4. The number of benzene rings is 2. The zero-order valence-corrected chi connectivity index (χ0v) is 30.2. The smallest absolute Gasteiger partial charge is 0.405 e. The Hall–Kier alpha value is -5.18. The van der Waals surface area contributed by atoms with Crippen molar-refractivity contribution < 1.29 is 42.2 Å². The number of hydrogen-bond acceptors (Lipinski definition) is 9. The largest absolute Gasteiger partial charge is 0.497 e. The number of rotatable bonds is 12. The first-order chi connectivity index (χ1) is 24.6. The quantitative estimate of drug-likeness (QED) is 0.200. The predicted molar refractivity (Wildman–Crippen MR) is 192 cm³/mol. The second-order valence-electron chi connectivity index (χ2n) is 14.7. The summed E-state index contributed by atoms with van der Waals surface area (Å²) >= 11 is 0. The molecule has 4 amide bonds. The number of aromatic nitrogens is 1. The fourth-order valence-electron chi connectivity index (χ4n) is 6.67. The zero-order chi connectivity index (χ0) is 37.6. The van der Waals surface area contributed by atoms with Gasteiger partial charge in [0, 0.05) is 35.4 Å². The molecule has 0 radical (unpaired) electrons. The van der Waals surface area contributed by atoms with Crippen LogP contribution in [0.1, 0.15) is 46.5 Å². The van der Waals surface area contributed by atoms with Crippen LogP contribution in [0.15, 0.2) is 67.3 Å². The SMILES string of the molecule is C=C[C@@H]1C[C@]1(NC(=O)[C@@H]1C[C@@H](Oc2cc(-c3ccccc3)nc3cc(OC)ccc23)CN1C(=O)C(NC(=O)O)C(C)(C)C)C(=O)NS(=O)(=O)C1CC1. The number of ether oxygens (including phenoxy) is 2. The van der Waals surface area contributed by atoms with E-state index in [9.17, 15) is 32.7 Å². The van der Waals surface area contributed by atoms with Crippen LogP contribution in [0, 0.1) is 11.3 Å². The van der Waals surface area contributed by atoms with Gasteiger partial charge in [-0.15, -0.1) is 6.58 Å². The molecule has 2 aliphatic carbocycles. The van der Waals surface area contributed by atoms with E-state index in [1.54, 1.807) is 52.1 Å². The highest BCUT2D eigenvalue weighted by molar-refractivity contribution is 7.91. The molecule has 14 nitrogen and oxygen atoms in total. The monoisotopic (exact) mass is 733 g/mol. The number of likely N-dealkylation sites (tertiary alicyclic amines) is 1. The average molecular weight is 734 g/mol. The molecule has 276 valence electrons. The fourth-order valence-corrected chi connectivity index (χ4v) is 8.03. The van der Waals surface area contributed by atoms with Crippen LogP contribution in [0.25, 0.3) is 22.2 Å². The molecule has 5 atom stereocenters. The van der Waals surface area contributed by atoms with E-state index in [4.69, 9.17) is 14.5 Å². The summed E-state index contributed by atoms with van der Waals surface area (Å²) in [5.41, 5.74) is -0.426. The molecule has 4 N–H and O–H groups in total. The lowest BCUT2D eigenvalue weighted by atomic mass is 9.85. The number of carbonyl (C=O) groups excluding carboxylic acids is 3. The average Bonchev–Trinajstić information content (AvgIpc) is 4.03. The lowest BCUT2D eigenvalue weighted by molar-refractivity contribution is -0.142. The molecule has 1 aliphatic heterocycles. The lowest BCUT2D eigenvalue weighted by Crippen LogP contribution is -2.60. The van der Waals surface area contributed by atoms with Crippen molar-refractivity contribution in [1.29, 1.82) is 0 Å². The van der Waals surface area contributed by atoms with Crippen molar-refractivity contribution >= 4 is 44.7 Å². The van der Waals surface area contributed by atoms with Gasteiger partial charge >= 0.3 is 6.09 Å². The highest BCUT2D eigenvalue weighted by atomic mass is 32.2. The summed E-state index contributed by atoms with van der Waals surface area (Å²) in [6, 6.07) is 14.2. The molecule has 1 unspecified atom stereocenters. The summed E-state index contributed by atoms with van der Waals surface area (Å²) in [6.45, 7) is 8.76. The van der Waals surface area contributed by atoms with Gasteiger partial charge in [0.1, 0.15) is 35.2 Å². The van der Waals surface area contributed by atoms with E-state index in [-0.39, 0.29) is 19.4 Å². The molecule has 2 saturated carbocycles. The van der Waals surface area contributed by atoms with E-state index in [0.29, 0.717) is 40.9 Å². The van der Waals surface area contributed by atoms with E-state index >= 15 is 0 Å². The summed E-state index contributed by atoms with van der Waals surface area (Å²) in [5, 5.41) is 14.7. The minimum atomic E-state index is -3.92. The number of nitrogens with one attached hydrogen (secondary N) is 3. The van der Waals surface area contributed by atoms with Gasteiger partial charge in [-0.25, -0.2) is 18.2 Å². The maximum atomic E-state index is 14.2. The van der Waals surface area contributed by atoms with Gasteiger partial charge < -0.3 is 30.1 Å². The van der Waals surface area contributed by atoms with Crippen molar-refractivity contribution in [3.05, 3.63) is 67.3 Å². The molecule has 2 heterocycles. The van der Waals surface area contributed by atoms with E-state index in [1.165, 1.54) is 11.0 Å². The van der Waals surface area contributed by atoms with Crippen LogP contribution in [0.3, 0.4) is 0 Å². The first-order valence-electron chi connectivity index (χ1n) is 17.1. The maximum absolute atomic E-state index is 14.2. The molecule has 1 saturated heterocycles. The number of fused-ring (bicyclic) bond motifs is 1. The second kappa shape index (κ2) is 13.7. The third-order valence-electron chi connectivity index (χ3n) is 9.82. The van der Waals surface area contributed by atoms with Gasteiger partial charge in [0.25, 0.3) is 5.91 Å². The van der Waals surface area contributed by atoms with Crippen LogP contribution >= 0.6 is 0 Å². The predicted octanol–water partition coefficient (Wildman–Crippen LogP) is 3.61. The Labute approximate surface area is 302 Å². The first kappa shape index (κ1) is 36.6. The summed E-state index contributed by atoms with van der Waals surface area (Å²) in [4.78, 5) is 59.8. The van der Waals surface area contributed by atoms with Crippen LogP contribution in [-0.4, -0.2) is 89.9 Å². The highest BCUT2D eigenvalue weighted by Gasteiger charge is 2.62. The molecule has 3 aromatic rings. The number of methoxy groups -OCH3 is 1. The van der Waals surface area contributed by atoms with Gasteiger partial charge in [0.05, 0.1) is 30.1 Å². The van der Waals surface area contributed by atoms with Crippen molar-refractivity contribution in [3.8, 4) is 22.8 Å². The van der Waals surface area contributed by atoms with Gasteiger partial charge in [0.2, 0.25) is 21.8 Å². The molecule has 3 aliphatic rings. The fraction of sp³-hybridized carbons (Fsp3) is 0.432. The van der Waals surface area contributed by atoms with Crippen molar-refractivity contribution in [3.63, 3.8) is 0 Å². The Balaban J connectivity index is 1.34. The van der Waals surface area contributed by atoms with Gasteiger partial charge in [-0.05, 0) is 36.8 Å². The number of carboxylic acid groups (broad SMARTS) is 1. The second-order valence-corrected chi connectivity index (χ2v) is 16.6. The Kier molecular flexibility index (Phi) is 9.68. The normalized spacial score (nSPS) is 23.3. The maximum Gasteiger partial charge on any atom is 0.405 e.